The number of quaternary nitrogens is 1. The van der Waals surface area contributed by atoms with Gasteiger partial charge in [-0.05, 0) is 41.9 Å². The average molecular weight is 750 g/mol. The molecule has 1 nitrogen and oxygen atoms in total. The van der Waals surface area contributed by atoms with Crippen molar-refractivity contribution in [1.82, 2.24) is 0 Å². The fourth-order valence-corrected chi connectivity index (χ4v) is 9.49. The maximum Gasteiger partial charge on any atom is 0.184 e. The zero-order chi connectivity index (χ0) is 39.6. The first-order valence-corrected chi connectivity index (χ1v) is 23.5. The molecule has 2 aromatic carbocycles. The molecule has 0 bridgehead atoms. The number of unbranched alkanes of at least 4 members (excludes halogenated alkanes) is 4. The molecule has 0 saturated carbocycles. The van der Waals surface area contributed by atoms with Gasteiger partial charge in [0.1, 0.15) is 17.7 Å². The molecule has 1 heterocycles. The van der Waals surface area contributed by atoms with Gasteiger partial charge in [0, 0.05) is 29.9 Å². The van der Waals surface area contributed by atoms with Gasteiger partial charge in [0.15, 0.2) is 11.5 Å². The van der Waals surface area contributed by atoms with Crippen molar-refractivity contribution in [2.24, 2.45) is 23.7 Å². The van der Waals surface area contributed by atoms with Gasteiger partial charge in [-0.3, -0.25) is 0 Å². The zero-order valence-corrected chi connectivity index (χ0v) is 36.8. The van der Waals surface area contributed by atoms with Crippen LogP contribution in [0.3, 0.4) is 0 Å². The Bertz CT molecular complexity index is 1170. The molecule has 1 aliphatic heterocycles. The number of para-hydroxylation sites is 1. The van der Waals surface area contributed by atoms with Gasteiger partial charge in [-0.15, -0.1) is 0 Å². The first-order chi connectivity index (χ1) is 26.2. The first-order valence-electron chi connectivity index (χ1n) is 23.5. The van der Waals surface area contributed by atoms with Crippen LogP contribution in [0.5, 0.6) is 0 Å². The molecule has 1 N–H and O–H groups in total. The van der Waals surface area contributed by atoms with Crippen molar-refractivity contribution < 1.29 is 13.7 Å². The molecule has 0 aliphatic carbocycles. The second-order valence-electron chi connectivity index (χ2n) is 17.7. The highest BCUT2D eigenvalue weighted by Crippen LogP contribution is 2.40. The van der Waals surface area contributed by atoms with E-state index in [4.69, 9.17) is 0 Å². The molecule has 5 unspecified atom stereocenters. The molecule has 0 aromatic heterocycles. The zero-order valence-electron chi connectivity index (χ0n) is 36.8. The third-order valence-corrected chi connectivity index (χ3v) is 13.8. The highest BCUT2D eigenvalue weighted by atomic mass is 19.1. The third kappa shape index (κ3) is 17.5. The molecule has 0 amide bonds. The van der Waals surface area contributed by atoms with Crippen LogP contribution in [-0.2, 0) is 0 Å². The van der Waals surface area contributed by atoms with Crippen LogP contribution in [-0.4, -0.2) is 6.15 Å². The van der Waals surface area contributed by atoms with Crippen LogP contribution in [0.1, 0.15) is 189 Å². The van der Waals surface area contributed by atoms with Crippen molar-refractivity contribution in [2.75, 3.05) is 0 Å². The summed E-state index contributed by atoms with van der Waals surface area (Å²) in [5, 5.41) is 0. The predicted molar refractivity (Wildman–Crippen MR) is 239 cm³/mol. The quantitative estimate of drug-likeness (QED) is 0.0790. The van der Waals surface area contributed by atoms with Crippen LogP contribution in [0.4, 0.5) is 20.2 Å². The molecule has 54 heavy (non-hydrogen) atoms. The first kappa shape index (κ1) is 48.2. The molecular formula is C50H86BF2N. The topological polar surface area (TPSA) is 4.44 Å². The lowest BCUT2D eigenvalue weighted by Gasteiger charge is -2.44. The summed E-state index contributed by atoms with van der Waals surface area (Å²) in [5.41, 5.74) is 2.29. The molecule has 2 aromatic rings. The molecule has 308 valence electrons. The van der Waals surface area contributed by atoms with Crippen LogP contribution < -0.4 is 4.90 Å². The van der Waals surface area contributed by atoms with Crippen molar-refractivity contribution in [3.63, 3.8) is 0 Å². The van der Waals surface area contributed by atoms with Gasteiger partial charge in [-0.25, -0.2) is 13.7 Å². The molecule has 0 saturated heterocycles. The van der Waals surface area contributed by atoms with Crippen molar-refractivity contribution in [1.29, 1.82) is 0 Å². The van der Waals surface area contributed by atoms with E-state index >= 15 is 0 Å². The Labute approximate surface area is 334 Å². The van der Waals surface area contributed by atoms with Crippen LogP contribution >= 0.6 is 0 Å². The minimum Gasteiger partial charge on any atom is -0.241 e. The summed E-state index contributed by atoms with van der Waals surface area (Å²) in [4.78, 5) is 0.734. The van der Waals surface area contributed by atoms with E-state index in [2.05, 4.69) is 55.4 Å². The second-order valence-corrected chi connectivity index (χ2v) is 17.7. The largest absolute Gasteiger partial charge is 0.241 e. The van der Waals surface area contributed by atoms with E-state index in [9.17, 15) is 8.78 Å². The Morgan fingerprint density at radius 1 is 0.500 bits per heavy atom. The average Bonchev–Trinajstić information content (AvgIpc) is 3.63. The van der Waals surface area contributed by atoms with Gasteiger partial charge in [0.25, 0.3) is 0 Å². The van der Waals surface area contributed by atoms with Gasteiger partial charge in [0.2, 0.25) is 0 Å². The molecule has 1 aliphatic rings. The molecule has 4 heteroatoms. The van der Waals surface area contributed by atoms with E-state index in [0.717, 1.165) is 52.0 Å². The fraction of sp³-hybridized carbons (Fsp3) is 0.720. The Balaban J connectivity index is 0.000000482. The van der Waals surface area contributed by atoms with Crippen molar-refractivity contribution in [2.45, 2.75) is 209 Å². The van der Waals surface area contributed by atoms with Gasteiger partial charge >= 0.3 is 0 Å². The fourth-order valence-electron chi connectivity index (χ4n) is 9.49. The minimum atomic E-state index is -0.424. The van der Waals surface area contributed by atoms with E-state index in [1.807, 2.05) is 36.5 Å². The maximum atomic E-state index is 13.7. The summed E-state index contributed by atoms with van der Waals surface area (Å²) in [6.07, 6.45) is 38.7. The minimum absolute atomic E-state index is 0.236. The molecular weight excluding hydrogens is 663 g/mol. The highest BCUT2D eigenvalue weighted by Gasteiger charge is 2.28. The number of rotatable bonds is 29. The highest BCUT2D eigenvalue weighted by molar-refractivity contribution is 6.79. The summed E-state index contributed by atoms with van der Waals surface area (Å²) in [7, 11) is 0. The molecule has 0 spiro atoms. The van der Waals surface area contributed by atoms with Crippen LogP contribution in [0.15, 0.2) is 48.7 Å². The molecule has 0 fully saturated rings. The number of fused-ring (bicyclic) bond motifs is 1. The van der Waals surface area contributed by atoms with Gasteiger partial charge in [0.05, 0.1) is 0 Å². The predicted octanol–water partition coefficient (Wildman–Crippen LogP) is 16.7. The Hall–Kier alpha value is -1.94. The Morgan fingerprint density at radius 3 is 1.30 bits per heavy atom. The van der Waals surface area contributed by atoms with Crippen LogP contribution in [0, 0.1) is 35.3 Å². The van der Waals surface area contributed by atoms with E-state index in [1.165, 1.54) is 134 Å². The van der Waals surface area contributed by atoms with Crippen molar-refractivity contribution in [3.05, 3.63) is 65.9 Å². The second kappa shape index (κ2) is 28.5. The summed E-state index contributed by atoms with van der Waals surface area (Å²) in [6, 6.07) is 11.2. The smallest absolute Gasteiger partial charge is 0.184 e. The van der Waals surface area contributed by atoms with Gasteiger partial charge in [-0.1, -0.05) is 196 Å². The standard InChI is InChI=1S/C36H76B.C14H9F2N/c1-9-17-21-33(13-5)25-29-37(30-26-34(14-6)22-18-10-2,31-27-35(15-7)23-19-11-3)32-28-36(16-8)24-20-12-4;15-11-5-6-12(16)14(9-11)17-8-7-10-3-1-2-4-13(10)17/h33-36H,9-32H2,1-8H3;1-9H/q-1;/p+1. The Kier molecular flexibility index (Phi) is 25.4. The summed E-state index contributed by atoms with van der Waals surface area (Å²) < 4.78 is 26.9. The Morgan fingerprint density at radius 2 is 0.907 bits per heavy atom. The lowest BCUT2D eigenvalue weighted by molar-refractivity contribution is -0.695. The normalized spacial score (nSPS) is 17.0. The van der Waals surface area contributed by atoms with Gasteiger partial charge < -0.3 is 0 Å². The van der Waals surface area contributed by atoms with E-state index in [1.54, 1.807) is 25.3 Å². The van der Waals surface area contributed by atoms with E-state index < -0.39 is 11.6 Å². The number of hydrogen-bond donors (Lipinski definition) is 1. The van der Waals surface area contributed by atoms with E-state index in [-0.39, 0.29) is 6.15 Å². The van der Waals surface area contributed by atoms with Crippen molar-refractivity contribution in [3.8, 4) is 0 Å². The van der Waals surface area contributed by atoms with Gasteiger partial charge in [-0.2, -0.15) is 25.3 Å². The SMILES string of the molecule is CCCCC(CC)CC[B-](CCC(CC)CCCC)(CCC(CC)CCCC)CCC(CC)CCCC.Fc1ccc(F)c([NH+]2C=Cc3ccccc32)c1. The van der Waals surface area contributed by atoms with E-state index in [0.29, 0.717) is 5.69 Å². The summed E-state index contributed by atoms with van der Waals surface area (Å²) in [6.45, 7) is 19.4. The molecule has 3 rings (SSSR count). The number of benzene rings is 2. The summed E-state index contributed by atoms with van der Waals surface area (Å²) in [5.74, 6) is 3.09. The molecule has 5 atom stereocenters. The van der Waals surface area contributed by atoms with Crippen LogP contribution in [0.25, 0.3) is 6.08 Å². The number of nitrogens with one attached hydrogen (secondary N) is 1. The lowest BCUT2D eigenvalue weighted by Crippen LogP contribution is -2.96. The van der Waals surface area contributed by atoms with Crippen molar-refractivity contribution >= 4 is 23.6 Å². The maximum absolute atomic E-state index is 13.7. The molecule has 0 radical (unpaired) electrons. The summed E-state index contributed by atoms with van der Waals surface area (Å²) >= 11 is 0. The lowest BCUT2D eigenvalue weighted by atomic mass is 9.16. The number of halogens is 2. The number of hydrogen-bond acceptors (Lipinski definition) is 0. The monoisotopic (exact) mass is 750 g/mol. The van der Waals surface area contributed by atoms with Crippen LogP contribution in [0.2, 0.25) is 25.3 Å². The third-order valence-electron chi connectivity index (χ3n) is 13.8.